The number of thiazole rings is 1. The van der Waals surface area contributed by atoms with E-state index >= 15 is 0 Å². The average Bonchev–Trinajstić information content (AvgIpc) is 3.11. The fraction of sp³-hybridized carbons (Fsp3) is 0.188. The number of terminal acetylenes is 1. The van der Waals surface area contributed by atoms with Crippen LogP contribution in [-0.4, -0.2) is 34.9 Å². The van der Waals surface area contributed by atoms with Gasteiger partial charge in [-0.2, -0.15) is 10.1 Å². The summed E-state index contributed by atoms with van der Waals surface area (Å²) in [5.41, 5.74) is 0.951. The van der Waals surface area contributed by atoms with Crippen LogP contribution in [0.5, 0.6) is 0 Å². The molecule has 0 aliphatic heterocycles. The van der Waals surface area contributed by atoms with E-state index in [0.29, 0.717) is 9.50 Å². The van der Waals surface area contributed by atoms with E-state index in [4.69, 9.17) is 6.42 Å². The van der Waals surface area contributed by atoms with Crippen molar-refractivity contribution in [2.45, 2.75) is 11.4 Å². The predicted molar refractivity (Wildman–Crippen MR) is 94.9 cm³/mol. The Balaban J connectivity index is 2.20. The van der Waals surface area contributed by atoms with Crippen molar-refractivity contribution in [3.63, 3.8) is 0 Å². The Labute approximate surface area is 148 Å². The van der Waals surface area contributed by atoms with Crippen LogP contribution in [-0.2, 0) is 23.4 Å². The number of nitrogens with zero attached hydrogens (tertiary/aromatic N) is 4. The van der Waals surface area contributed by atoms with Gasteiger partial charge >= 0.3 is 0 Å². The van der Waals surface area contributed by atoms with Gasteiger partial charge in [-0.3, -0.25) is 9.48 Å². The molecule has 128 valence electrons. The number of aromatic nitrogens is 3. The maximum Gasteiger partial charge on any atom is 0.300 e. The molecule has 0 atom stereocenters. The summed E-state index contributed by atoms with van der Waals surface area (Å²) in [6.45, 7) is 0.215. The van der Waals surface area contributed by atoms with Gasteiger partial charge in [-0.25, -0.2) is 8.42 Å². The number of hydrogen-bond acceptors (Lipinski definition) is 5. The summed E-state index contributed by atoms with van der Waals surface area (Å²) in [7, 11) is -1.62. The van der Waals surface area contributed by atoms with E-state index in [0.717, 1.165) is 11.8 Å². The Morgan fingerprint density at radius 2 is 2.16 bits per heavy atom. The number of sulfone groups is 1. The standard InChI is InChI=1S/C16H14N4O3S2/c1-4-8-20-13-6-5-11(25(3,22)23)10-14(13)24-16(20)17-15(21)12-7-9-19(2)18-12/h1,5-7,9-10H,8H2,2-3H3. The van der Waals surface area contributed by atoms with E-state index in [9.17, 15) is 13.2 Å². The number of rotatable bonds is 3. The number of carbonyl (C=O) groups is 1. The van der Waals surface area contributed by atoms with Crippen LogP contribution in [0.25, 0.3) is 10.2 Å². The molecule has 2 aromatic heterocycles. The monoisotopic (exact) mass is 374 g/mol. The second-order valence-electron chi connectivity index (χ2n) is 5.37. The average molecular weight is 374 g/mol. The van der Waals surface area contributed by atoms with Crippen molar-refractivity contribution >= 4 is 37.3 Å². The highest BCUT2D eigenvalue weighted by Gasteiger charge is 2.13. The number of fused-ring (bicyclic) bond motifs is 1. The molecule has 0 spiro atoms. The van der Waals surface area contributed by atoms with E-state index in [1.165, 1.54) is 22.1 Å². The van der Waals surface area contributed by atoms with Gasteiger partial charge in [-0.1, -0.05) is 17.3 Å². The molecule has 3 rings (SSSR count). The molecule has 9 heteroatoms. The highest BCUT2D eigenvalue weighted by atomic mass is 32.2. The lowest BCUT2D eigenvalue weighted by molar-refractivity contribution is 0.0992. The van der Waals surface area contributed by atoms with Crippen molar-refractivity contribution in [1.82, 2.24) is 14.3 Å². The zero-order valence-corrected chi connectivity index (χ0v) is 15.1. The molecule has 0 N–H and O–H groups in total. The fourth-order valence-electron chi connectivity index (χ4n) is 2.29. The quantitative estimate of drug-likeness (QED) is 0.645. The molecule has 0 saturated carbocycles. The summed E-state index contributed by atoms with van der Waals surface area (Å²) in [4.78, 5) is 17.0. The molecule has 7 nitrogen and oxygen atoms in total. The Morgan fingerprint density at radius 3 is 2.76 bits per heavy atom. The smallest absolute Gasteiger partial charge is 0.300 e. The number of amides is 1. The van der Waals surface area contributed by atoms with Gasteiger partial charge in [-0.15, -0.1) is 6.42 Å². The van der Waals surface area contributed by atoms with E-state index < -0.39 is 15.7 Å². The molecule has 0 fully saturated rings. The molecule has 1 amide bonds. The summed E-state index contributed by atoms with van der Waals surface area (Å²) in [6.07, 6.45) is 8.22. The summed E-state index contributed by atoms with van der Waals surface area (Å²) in [5, 5.41) is 4.03. The van der Waals surface area contributed by atoms with Crippen molar-refractivity contribution < 1.29 is 13.2 Å². The van der Waals surface area contributed by atoms with Crippen LogP contribution in [0.3, 0.4) is 0 Å². The maximum absolute atomic E-state index is 12.3. The van der Waals surface area contributed by atoms with Crippen molar-refractivity contribution in [3.8, 4) is 12.3 Å². The SMILES string of the molecule is C#CCn1c(=NC(=O)c2ccn(C)n2)sc2cc(S(C)(=O)=O)ccc21. The van der Waals surface area contributed by atoms with E-state index in [1.807, 2.05) is 0 Å². The van der Waals surface area contributed by atoms with Crippen molar-refractivity contribution in [2.75, 3.05) is 6.26 Å². The molecule has 0 unspecified atom stereocenters. The third-order valence-electron chi connectivity index (χ3n) is 3.46. The molecular formula is C16H14N4O3S2. The molecule has 1 aromatic carbocycles. The molecule has 0 aliphatic rings. The summed E-state index contributed by atoms with van der Waals surface area (Å²) < 4.78 is 27.4. The van der Waals surface area contributed by atoms with Gasteiger partial charge in [0, 0.05) is 19.5 Å². The minimum atomic E-state index is -3.33. The molecule has 25 heavy (non-hydrogen) atoms. The van der Waals surface area contributed by atoms with Gasteiger partial charge in [0.1, 0.15) is 0 Å². The molecule has 0 radical (unpaired) electrons. The topological polar surface area (TPSA) is 86.3 Å². The summed E-state index contributed by atoms with van der Waals surface area (Å²) in [5.74, 6) is 2.04. The van der Waals surface area contributed by atoms with Crippen LogP contribution in [0.15, 0.2) is 40.4 Å². The molecule has 3 aromatic rings. The Hall–Kier alpha value is -2.70. The zero-order valence-electron chi connectivity index (χ0n) is 13.5. The van der Waals surface area contributed by atoms with E-state index in [1.54, 1.807) is 36.0 Å². The lowest BCUT2D eigenvalue weighted by Gasteiger charge is -2.01. The number of carbonyl (C=O) groups excluding carboxylic acids is 1. The number of benzene rings is 1. The van der Waals surface area contributed by atoms with Gasteiger partial charge in [0.2, 0.25) is 0 Å². The largest absolute Gasteiger partial charge is 0.305 e. The maximum atomic E-state index is 12.3. The summed E-state index contributed by atoms with van der Waals surface area (Å²) >= 11 is 1.20. The summed E-state index contributed by atoms with van der Waals surface area (Å²) in [6, 6.07) is 6.32. The molecule has 0 saturated heterocycles. The first-order valence-corrected chi connectivity index (χ1v) is 9.86. The van der Waals surface area contributed by atoms with Crippen molar-refractivity contribution in [3.05, 3.63) is 41.0 Å². The van der Waals surface area contributed by atoms with Gasteiger partial charge in [0.05, 0.1) is 21.7 Å². The number of aryl methyl sites for hydroxylation is 1. The zero-order chi connectivity index (χ0) is 18.2. The van der Waals surface area contributed by atoms with Gasteiger partial charge in [0.25, 0.3) is 5.91 Å². The minimum Gasteiger partial charge on any atom is -0.305 e. The lowest BCUT2D eigenvalue weighted by Crippen LogP contribution is -2.16. The van der Waals surface area contributed by atoms with Crippen molar-refractivity contribution in [2.24, 2.45) is 12.0 Å². The van der Waals surface area contributed by atoms with Crippen LogP contribution in [0.2, 0.25) is 0 Å². The third kappa shape index (κ3) is 3.40. The first kappa shape index (κ1) is 17.1. The van der Waals surface area contributed by atoms with Crippen LogP contribution in [0, 0.1) is 12.3 Å². The second kappa shape index (κ2) is 6.31. The molecule has 0 bridgehead atoms. The number of hydrogen-bond donors (Lipinski definition) is 0. The first-order chi connectivity index (χ1) is 11.8. The molecule has 2 heterocycles. The normalized spacial score (nSPS) is 12.4. The highest BCUT2D eigenvalue weighted by Crippen LogP contribution is 2.22. The highest BCUT2D eigenvalue weighted by molar-refractivity contribution is 7.90. The van der Waals surface area contributed by atoms with Crippen molar-refractivity contribution in [1.29, 1.82) is 0 Å². The van der Waals surface area contributed by atoms with E-state index in [2.05, 4.69) is 16.0 Å². The predicted octanol–water partition coefficient (Wildman–Crippen LogP) is 1.21. The third-order valence-corrected chi connectivity index (χ3v) is 5.61. The van der Waals surface area contributed by atoms with Crippen LogP contribution >= 0.6 is 11.3 Å². The van der Waals surface area contributed by atoms with Gasteiger partial charge in [-0.05, 0) is 24.3 Å². The first-order valence-electron chi connectivity index (χ1n) is 7.15. The van der Waals surface area contributed by atoms with Crippen LogP contribution in [0.4, 0.5) is 0 Å². The Bertz CT molecular complexity index is 1190. The Morgan fingerprint density at radius 1 is 1.40 bits per heavy atom. The van der Waals surface area contributed by atoms with Gasteiger partial charge < -0.3 is 4.57 Å². The van der Waals surface area contributed by atoms with E-state index in [-0.39, 0.29) is 17.1 Å². The minimum absolute atomic E-state index is 0.205. The Kier molecular flexibility index (Phi) is 4.32. The molecule has 0 aliphatic carbocycles. The lowest BCUT2D eigenvalue weighted by atomic mass is 10.3. The van der Waals surface area contributed by atoms with Gasteiger partial charge in [0.15, 0.2) is 20.3 Å². The van der Waals surface area contributed by atoms with Crippen LogP contribution < -0.4 is 4.80 Å². The van der Waals surface area contributed by atoms with Crippen LogP contribution in [0.1, 0.15) is 10.5 Å². The second-order valence-corrected chi connectivity index (χ2v) is 8.39. The fourth-order valence-corrected chi connectivity index (χ4v) is 4.08. The molecular weight excluding hydrogens is 360 g/mol.